The number of piperazine rings is 1. The van der Waals surface area contributed by atoms with Gasteiger partial charge in [-0.1, -0.05) is 60.7 Å². The molecule has 230 valence electrons. The number of benzene rings is 3. The number of hydrogen-bond acceptors (Lipinski definition) is 6. The van der Waals surface area contributed by atoms with E-state index < -0.39 is 18.2 Å². The molecular formula is C30H32Cl2F4N6O. The molecule has 3 atom stereocenters. The van der Waals surface area contributed by atoms with Gasteiger partial charge in [-0.2, -0.15) is 17.9 Å². The summed E-state index contributed by atoms with van der Waals surface area (Å²) in [6.07, 6.45) is -5.17. The van der Waals surface area contributed by atoms with E-state index >= 15 is 0 Å². The predicted octanol–water partition coefficient (Wildman–Crippen LogP) is 5.96. The van der Waals surface area contributed by atoms with Crippen molar-refractivity contribution >= 4 is 24.8 Å². The minimum absolute atomic E-state index is 0. The Balaban J connectivity index is 0.00000212. The molecule has 0 amide bonds. The maximum Gasteiger partial charge on any atom is 0.453 e. The average Bonchev–Trinajstić information content (AvgIpc) is 3.61. The molecule has 1 aromatic heterocycles. The van der Waals surface area contributed by atoms with Gasteiger partial charge >= 0.3 is 6.18 Å². The van der Waals surface area contributed by atoms with Crippen LogP contribution >= 0.6 is 24.8 Å². The number of halogens is 6. The van der Waals surface area contributed by atoms with E-state index in [2.05, 4.69) is 49.6 Å². The summed E-state index contributed by atoms with van der Waals surface area (Å²) in [4.78, 5) is 4.57. The second-order valence-corrected chi connectivity index (χ2v) is 10.7. The highest BCUT2D eigenvalue weighted by atomic mass is 35.5. The first-order valence-electron chi connectivity index (χ1n) is 13.6. The van der Waals surface area contributed by atoms with E-state index in [4.69, 9.17) is 4.74 Å². The van der Waals surface area contributed by atoms with Gasteiger partial charge in [0.15, 0.2) is 0 Å². The molecule has 0 N–H and O–H groups in total. The standard InChI is InChI=1S/C30H30F4N6O.2ClH/c1-41-27-13-12-24(40-29(30(32,33)34)35-36-37-40)14-22(27)16-38-18-25-15-23(31)17-39(25)26(19-38)28(20-8-4-2-5-9-20)21-10-6-3-7-11-21;;/h2-14,23,25-26,28H,15-19H2,1H3;2*1H/t23-,25-,26-;;/m0../s1. The van der Waals surface area contributed by atoms with Crippen LogP contribution in [0.15, 0.2) is 78.9 Å². The third-order valence-electron chi connectivity index (χ3n) is 8.07. The Hall–Kier alpha value is -3.25. The lowest BCUT2D eigenvalue weighted by Crippen LogP contribution is -2.58. The van der Waals surface area contributed by atoms with Gasteiger partial charge in [-0.15, -0.1) is 29.9 Å². The highest BCUT2D eigenvalue weighted by Gasteiger charge is 2.45. The Kier molecular flexibility index (Phi) is 10.3. The Labute approximate surface area is 259 Å². The highest BCUT2D eigenvalue weighted by Crippen LogP contribution is 2.39. The fourth-order valence-electron chi connectivity index (χ4n) is 6.39. The molecule has 13 heteroatoms. The number of ether oxygens (including phenoxy) is 1. The van der Waals surface area contributed by atoms with E-state index in [9.17, 15) is 17.6 Å². The zero-order chi connectivity index (χ0) is 28.6. The number of tetrazole rings is 1. The number of nitrogens with zero attached hydrogens (tertiary/aromatic N) is 6. The summed E-state index contributed by atoms with van der Waals surface area (Å²) in [7, 11) is 1.53. The molecule has 4 aromatic rings. The third-order valence-corrected chi connectivity index (χ3v) is 8.07. The van der Waals surface area contributed by atoms with Crippen molar-refractivity contribution in [2.75, 3.05) is 26.7 Å². The van der Waals surface area contributed by atoms with Gasteiger partial charge in [-0.05, 0) is 46.2 Å². The van der Waals surface area contributed by atoms with Gasteiger partial charge in [0.2, 0.25) is 0 Å². The Morgan fingerprint density at radius 3 is 2.16 bits per heavy atom. The van der Waals surface area contributed by atoms with Crippen LogP contribution < -0.4 is 4.74 Å². The van der Waals surface area contributed by atoms with Gasteiger partial charge in [0, 0.05) is 49.7 Å². The first-order valence-corrected chi connectivity index (χ1v) is 13.6. The van der Waals surface area contributed by atoms with Crippen LogP contribution in [0.3, 0.4) is 0 Å². The van der Waals surface area contributed by atoms with E-state index in [1.807, 2.05) is 36.4 Å². The van der Waals surface area contributed by atoms with Gasteiger partial charge in [0.25, 0.3) is 5.82 Å². The molecule has 2 saturated heterocycles. The number of aromatic nitrogens is 4. The zero-order valence-corrected chi connectivity index (χ0v) is 24.9. The molecule has 0 saturated carbocycles. The molecule has 0 bridgehead atoms. The molecule has 43 heavy (non-hydrogen) atoms. The number of hydrogen-bond donors (Lipinski definition) is 0. The molecule has 6 rings (SSSR count). The second kappa shape index (κ2) is 13.6. The van der Waals surface area contributed by atoms with Crippen LogP contribution in [0.1, 0.15) is 34.9 Å². The maximum absolute atomic E-state index is 14.9. The summed E-state index contributed by atoms with van der Waals surface area (Å²) in [6.45, 7) is 2.08. The first-order chi connectivity index (χ1) is 19.8. The Morgan fingerprint density at radius 1 is 0.907 bits per heavy atom. The summed E-state index contributed by atoms with van der Waals surface area (Å²) in [5, 5.41) is 10.0. The van der Waals surface area contributed by atoms with Crippen molar-refractivity contribution in [2.45, 2.75) is 43.3 Å². The van der Waals surface area contributed by atoms with Crippen molar-refractivity contribution in [2.24, 2.45) is 0 Å². The van der Waals surface area contributed by atoms with Crippen LogP contribution in [0.2, 0.25) is 0 Å². The molecular weight excluding hydrogens is 607 g/mol. The molecule has 3 aromatic carbocycles. The van der Waals surface area contributed by atoms with E-state index in [-0.39, 0.29) is 48.5 Å². The van der Waals surface area contributed by atoms with Crippen LogP contribution in [0.25, 0.3) is 5.69 Å². The quantitative estimate of drug-likeness (QED) is 0.233. The number of fused-ring (bicyclic) bond motifs is 1. The molecule has 0 radical (unpaired) electrons. The van der Waals surface area contributed by atoms with Crippen molar-refractivity contribution in [1.82, 2.24) is 30.0 Å². The lowest BCUT2D eigenvalue weighted by Gasteiger charge is -2.47. The Bertz CT molecular complexity index is 1440. The van der Waals surface area contributed by atoms with Gasteiger partial charge in [-0.25, -0.2) is 4.39 Å². The normalized spacial score (nSPS) is 20.7. The summed E-state index contributed by atoms with van der Waals surface area (Å²) >= 11 is 0. The minimum atomic E-state index is -4.71. The van der Waals surface area contributed by atoms with Crippen LogP contribution in [0, 0.1) is 0 Å². The predicted molar refractivity (Wildman–Crippen MR) is 159 cm³/mol. The third kappa shape index (κ3) is 6.80. The SMILES string of the molecule is COc1ccc(-n2nnnc2C(F)(F)F)cc1CN1C[C@@H]2C[C@H](F)CN2[C@H](C(c2ccccc2)c2ccccc2)C1.Cl.Cl. The summed E-state index contributed by atoms with van der Waals surface area (Å²) < 4.78 is 61.7. The fourth-order valence-corrected chi connectivity index (χ4v) is 6.39. The molecule has 2 aliphatic rings. The van der Waals surface area contributed by atoms with Crippen molar-refractivity contribution in [3.63, 3.8) is 0 Å². The van der Waals surface area contributed by atoms with Crippen molar-refractivity contribution in [3.8, 4) is 11.4 Å². The van der Waals surface area contributed by atoms with Crippen molar-refractivity contribution < 1.29 is 22.3 Å². The number of alkyl halides is 4. The van der Waals surface area contributed by atoms with Crippen LogP contribution in [0.4, 0.5) is 17.6 Å². The summed E-state index contributed by atoms with van der Waals surface area (Å²) in [6, 6.07) is 25.3. The summed E-state index contributed by atoms with van der Waals surface area (Å²) in [5.41, 5.74) is 3.20. The van der Waals surface area contributed by atoms with Gasteiger partial charge < -0.3 is 4.74 Å². The molecule has 0 spiro atoms. The lowest BCUT2D eigenvalue weighted by molar-refractivity contribution is -0.146. The number of rotatable bonds is 7. The lowest BCUT2D eigenvalue weighted by atomic mass is 9.82. The number of methoxy groups -OCH3 is 1. The molecule has 7 nitrogen and oxygen atoms in total. The molecule has 0 aliphatic carbocycles. The van der Waals surface area contributed by atoms with Crippen molar-refractivity contribution in [3.05, 3.63) is 101 Å². The van der Waals surface area contributed by atoms with Gasteiger partial charge in [0.05, 0.1) is 12.8 Å². The van der Waals surface area contributed by atoms with E-state index in [0.717, 1.165) is 11.1 Å². The highest BCUT2D eigenvalue weighted by molar-refractivity contribution is 5.85. The van der Waals surface area contributed by atoms with Gasteiger partial charge in [-0.3, -0.25) is 9.80 Å². The maximum atomic E-state index is 14.9. The van der Waals surface area contributed by atoms with Crippen molar-refractivity contribution in [1.29, 1.82) is 0 Å². The van der Waals surface area contributed by atoms with Gasteiger partial charge in [0.1, 0.15) is 11.9 Å². The smallest absolute Gasteiger partial charge is 0.453 e. The molecule has 2 aliphatic heterocycles. The zero-order valence-electron chi connectivity index (χ0n) is 23.3. The minimum Gasteiger partial charge on any atom is -0.496 e. The van der Waals surface area contributed by atoms with E-state index in [1.165, 1.54) is 13.2 Å². The van der Waals surface area contributed by atoms with Crippen LogP contribution in [0.5, 0.6) is 5.75 Å². The van der Waals surface area contributed by atoms with Crippen LogP contribution in [-0.4, -0.2) is 75.0 Å². The topological polar surface area (TPSA) is 59.3 Å². The van der Waals surface area contributed by atoms with E-state index in [1.54, 1.807) is 12.1 Å². The first kappa shape index (κ1) is 32.7. The average molecular weight is 640 g/mol. The molecule has 3 heterocycles. The molecule has 0 unspecified atom stereocenters. The Morgan fingerprint density at radius 2 is 1.56 bits per heavy atom. The monoisotopic (exact) mass is 638 g/mol. The van der Waals surface area contributed by atoms with E-state index in [0.29, 0.717) is 48.6 Å². The fraction of sp³-hybridized carbons (Fsp3) is 0.367. The van der Waals surface area contributed by atoms with Crippen LogP contribution in [-0.2, 0) is 12.7 Å². The molecule has 2 fully saturated rings. The largest absolute Gasteiger partial charge is 0.496 e. The second-order valence-electron chi connectivity index (χ2n) is 10.7. The summed E-state index contributed by atoms with van der Waals surface area (Å²) in [5.74, 6) is -0.639.